The summed E-state index contributed by atoms with van der Waals surface area (Å²) in [7, 11) is 1.63. The maximum atomic E-state index is 13.1. The van der Waals surface area contributed by atoms with Crippen molar-refractivity contribution >= 4 is 11.6 Å². The molecule has 0 aliphatic rings. The van der Waals surface area contributed by atoms with Crippen LogP contribution in [-0.2, 0) is 18.4 Å². The summed E-state index contributed by atoms with van der Waals surface area (Å²) in [6.45, 7) is 10.9. The van der Waals surface area contributed by atoms with E-state index in [0.29, 0.717) is 17.9 Å². The van der Waals surface area contributed by atoms with Crippen molar-refractivity contribution in [1.29, 1.82) is 0 Å². The number of hydrogen-bond donors (Lipinski definition) is 1. The summed E-state index contributed by atoms with van der Waals surface area (Å²) in [6, 6.07) is 19.6. The Balaban J connectivity index is 1.85. The third-order valence-electron chi connectivity index (χ3n) is 5.60. The number of rotatable bonds is 7. The van der Waals surface area contributed by atoms with Gasteiger partial charge in [-0.2, -0.15) is 0 Å². The van der Waals surface area contributed by atoms with Crippen molar-refractivity contribution in [1.82, 2.24) is 0 Å². The van der Waals surface area contributed by atoms with Crippen molar-refractivity contribution in [3.63, 3.8) is 0 Å². The molecule has 0 bridgehead atoms. The number of ether oxygens (including phenoxy) is 2. The second kappa shape index (κ2) is 9.90. The van der Waals surface area contributed by atoms with Crippen molar-refractivity contribution in [3.05, 3.63) is 88.5 Å². The van der Waals surface area contributed by atoms with E-state index in [4.69, 9.17) is 9.47 Å². The summed E-state index contributed by atoms with van der Waals surface area (Å²) in [5.41, 5.74) is 5.55. The van der Waals surface area contributed by atoms with Gasteiger partial charge in [0.1, 0.15) is 18.1 Å². The molecule has 4 heteroatoms. The number of carbonyl (C=O) groups excluding carboxylic acids is 1. The van der Waals surface area contributed by atoms with Gasteiger partial charge in [0, 0.05) is 16.8 Å². The minimum Gasteiger partial charge on any atom is -0.496 e. The summed E-state index contributed by atoms with van der Waals surface area (Å²) in [5.74, 6) is 1.39. The van der Waals surface area contributed by atoms with Crippen molar-refractivity contribution < 1.29 is 14.3 Å². The summed E-state index contributed by atoms with van der Waals surface area (Å²) < 4.78 is 11.7. The zero-order valence-corrected chi connectivity index (χ0v) is 19.9. The lowest BCUT2D eigenvalue weighted by Gasteiger charge is -2.23. The molecule has 3 aromatic rings. The molecule has 0 radical (unpaired) electrons. The monoisotopic (exact) mass is 431 g/mol. The van der Waals surface area contributed by atoms with Crippen LogP contribution in [0.4, 0.5) is 5.69 Å². The first-order chi connectivity index (χ1) is 15.2. The quantitative estimate of drug-likeness (QED) is 0.453. The fourth-order valence-electron chi connectivity index (χ4n) is 3.79. The second-order valence-corrected chi connectivity index (χ2v) is 8.98. The van der Waals surface area contributed by atoms with Crippen LogP contribution in [-0.4, -0.2) is 13.0 Å². The third kappa shape index (κ3) is 5.31. The maximum absolute atomic E-state index is 13.1. The lowest BCUT2D eigenvalue weighted by molar-refractivity contribution is 0.102. The molecule has 168 valence electrons. The van der Waals surface area contributed by atoms with Crippen LogP contribution in [0, 0.1) is 6.92 Å². The van der Waals surface area contributed by atoms with E-state index in [-0.39, 0.29) is 11.3 Å². The van der Waals surface area contributed by atoms with Crippen LogP contribution >= 0.6 is 0 Å². The maximum Gasteiger partial charge on any atom is 0.255 e. The Bertz CT molecular complexity index is 1100. The van der Waals surface area contributed by atoms with E-state index in [2.05, 4.69) is 39.1 Å². The number of aryl methyl sites for hydroxylation is 2. The molecule has 4 nitrogen and oxygen atoms in total. The first kappa shape index (κ1) is 23.4. The molecule has 1 amide bonds. The summed E-state index contributed by atoms with van der Waals surface area (Å²) >= 11 is 0. The van der Waals surface area contributed by atoms with Gasteiger partial charge in [-0.1, -0.05) is 64.1 Å². The van der Waals surface area contributed by atoms with Gasteiger partial charge >= 0.3 is 0 Å². The average molecular weight is 432 g/mol. The van der Waals surface area contributed by atoms with Gasteiger partial charge in [-0.25, -0.2) is 0 Å². The van der Waals surface area contributed by atoms with E-state index in [0.717, 1.165) is 40.1 Å². The van der Waals surface area contributed by atoms with E-state index in [1.165, 1.54) is 0 Å². The van der Waals surface area contributed by atoms with Gasteiger partial charge < -0.3 is 14.8 Å². The fraction of sp³-hybridized carbons (Fsp3) is 0.321. The normalized spacial score (nSPS) is 11.2. The molecule has 0 spiro atoms. The molecule has 0 heterocycles. The van der Waals surface area contributed by atoms with E-state index in [1.807, 2.05) is 55.5 Å². The Kier molecular flexibility index (Phi) is 7.24. The molecule has 0 aromatic heterocycles. The Morgan fingerprint density at radius 1 is 0.938 bits per heavy atom. The number of anilines is 1. The Hall–Kier alpha value is -3.27. The highest BCUT2D eigenvalue weighted by atomic mass is 16.5. The number of benzene rings is 3. The molecule has 0 atom stereocenters. The molecule has 32 heavy (non-hydrogen) atoms. The van der Waals surface area contributed by atoms with Crippen LogP contribution in [0.5, 0.6) is 11.5 Å². The van der Waals surface area contributed by atoms with Gasteiger partial charge in [0.15, 0.2) is 0 Å². The third-order valence-corrected chi connectivity index (χ3v) is 5.60. The first-order valence-electron chi connectivity index (χ1n) is 11.0. The highest BCUT2D eigenvalue weighted by molar-refractivity contribution is 6.05. The van der Waals surface area contributed by atoms with Crippen LogP contribution < -0.4 is 14.8 Å². The minimum atomic E-state index is -0.145. The molecule has 0 saturated carbocycles. The van der Waals surface area contributed by atoms with Crippen molar-refractivity contribution in [2.45, 2.75) is 53.1 Å². The first-order valence-corrected chi connectivity index (χ1v) is 11.0. The predicted molar refractivity (Wildman–Crippen MR) is 131 cm³/mol. The topological polar surface area (TPSA) is 47.6 Å². The molecule has 0 saturated heterocycles. The summed E-state index contributed by atoms with van der Waals surface area (Å²) in [5, 5.41) is 3.09. The number of nitrogens with one attached hydrogen (secondary N) is 1. The fourth-order valence-corrected chi connectivity index (χ4v) is 3.79. The van der Waals surface area contributed by atoms with Crippen LogP contribution in [0.15, 0.2) is 60.7 Å². The van der Waals surface area contributed by atoms with Crippen LogP contribution in [0.1, 0.15) is 60.3 Å². The van der Waals surface area contributed by atoms with Gasteiger partial charge in [-0.15, -0.1) is 0 Å². The van der Waals surface area contributed by atoms with Crippen molar-refractivity contribution in [3.8, 4) is 11.5 Å². The zero-order chi connectivity index (χ0) is 23.3. The Morgan fingerprint density at radius 2 is 1.69 bits per heavy atom. The second-order valence-electron chi connectivity index (χ2n) is 8.98. The number of amides is 1. The van der Waals surface area contributed by atoms with Crippen LogP contribution in [0.25, 0.3) is 0 Å². The lowest BCUT2D eigenvalue weighted by atomic mass is 9.86. The molecule has 0 aliphatic heterocycles. The summed E-state index contributed by atoms with van der Waals surface area (Å²) in [6.07, 6.45) is 0.853. The summed E-state index contributed by atoms with van der Waals surface area (Å²) in [4.78, 5) is 13.1. The van der Waals surface area contributed by atoms with Crippen LogP contribution in [0.2, 0.25) is 0 Å². The largest absolute Gasteiger partial charge is 0.496 e. The van der Waals surface area contributed by atoms with Crippen molar-refractivity contribution in [2.24, 2.45) is 0 Å². The lowest BCUT2D eigenvalue weighted by Crippen LogP contribution is -2.15. The van der Waals surface area contributed by atoms with Gasteiger partial charge in [0.25, 0.3) is 5.91 Å². The van der Waals surface area contributed by atoms with Crippen LogP contribution in [0.3, 0.4) is 0 Å². The highest BCUT2D eigenvalue weighted by Crippen LogP contribution is 2.32. The standard InChI is InChI=1S/C28H33NO3/c1-7-20-12-10-11-19(2)26(20)29-27(30)21-15-16-24(31-6)22(17-21)18-32-25-14-9-8-13-23(25)28(3,4)5/h8-17H,7,18H2,1-6H3,(H,29,30). The molecule has 3 aromatic carbocycles. The average Bonchev–Trinajstić information content (AvgIpc) is 2.78. The Morgan fingerprint density at radius 3 is 2.38 bits per heavy atom. The Labute approximate surface area is 191 Å². The molecular formula is C28H33NO3. The van der Waals surface area contributed by atoms with Gasteiger partial charge in [-0.05, 0) is 59.7 Å². The van der Waals surface area contributed by atoms with Gasteiger partial charge in [0.05, 0.1) is 7.11 Å². The minimum absolute atomic E-state index is 0.0348. The van der Waals surface area contributed by atoms with E-state index >= 15 is 0 Å². The predicted octanol–water partition coefficient (Wildman–Crippen LogP) is 6.69. The number of para-hydroxylation sites is 2. The van der Waals surface area contributed by atoms with E-state index in [1.54, 1.807) is 13.2 Å². The molecule has 3 rings (SSSR count). The van der Waals surface area contributed by atoms with Gasteiger partial charge in [-0.3, -0.25) is 4.79 Å². The molecule has 1 N–H and O–H groups in total. The number of methoxy groups -OCH3 is 1. The molecule has 0 unspecified atom stereocenters. The van der Waals surface area contributed by atoms with Crippen molar-refractivity contribution in [2.75, 3.05) is 12.4 Å². The molecule has 0 aliphatic carbocycles. The molecular weight excluding hydrogens is 398 g/mol. The zero-order valence-electron chi connectivity index (χ0n) is 19.9. The molecule has 0 fully saturated rings. The smallest absolute Gasteiger partial charge is 0.255 e. The SMILES string of the molecule is CCc1cccc(C)c1NC(=O)c1ccc(OC)c(COc2ccccc2C(C)(C)C)c1. The van der Waals surface area contributed by atoms with Gasteiger partial charge in [0.2, 0.25) is 0 Å². The van der Waals surface area contributed by atoms with E-state index in [9.17, 15) is 4.79 Å². The number of carbonyl (C=O) groups is 1. The highest BCUT2D eigenvalue weighted by Gasteiger charge is 2.19. The number of hydrogen-bond acceptors (Lipinski definition) is 3. The van der Waals surface area contributed by atoms with E-state index < -0.39 is 0 Å².